The van der Waals surface area contributed by atoms with E-state index in [1.807, 2.05) is 6.07 Å². The first kappa shape index (κ1) is 15.3. The number of ether oxygens (including phenoxy) is 2. The summed E-state index contributed by atoms with van der Waals surface area (Å²) in [5, 5.41) is 0. The Bertz CT molecular complexity index is 450. The van der Waals surface area contributed by atoms with Gasteiger partial charge in [0.15, 0.2) is 0 Å². The van der Waals surface area contributed by atoms with Crippen LogP contribution in [-0.4, -0.2) is 51.4 Å². The van der Waals surface area contributed by atoms with E-state index in [-0.39, 0.29) is 5.54 Å². The van der Waals surface area contributed by atoms with Crippen LogP contribution in [0.25, 0.3) is 0 Å². The Morgan fingerprint density at radius 1 is 1.30 bits per heavy atom. The van der Waals surface area contributed by atoms with E-state index in [0.29, 0.717) is 6.54 Å². The SMILES string of the molecule is COCCN(C)C1(CN)CCc2ccc(OC)cc2C1. The van der Waals surface area contributed by atoms with E-state index >= 15 is 0 Å². The summed E-state index contributed by atoms with van der Waals surface area (Å²) in [6.45, 7) is 2.32. The zero-order chi connectivity index (χ0) is 14.6. The Morgan fingerprint density at radius 3 is 2.75 bits per heavy atom. The monoisotopic (exact) mass is 278 g/mol. The zero-order valence-electron chi connectivity index (χ0n) is 12.8. The van der Waals surface area contributed by atoms with Crippen molar-refractivity contribution in [2.75, 3.05) is 41.0 Å². The Labute approximate surface area is 121 Å². The van der Waals surface area contributed by atoms with Crippen LogP contribution in [0, 0.1) is 0 Å². The molecule has 0 aromatic heterocycles. The molecular weight excluding hydrogens is 252 g/mol. The van der Waals surface area contributed by atoms with Gasteiger partial charge < -0.3 is 15.2 Å². The van der Waals surface area contributed by atoms with Crippen molar-refractivity contribution in [3.05, 3.63) is 29.3 Å². The van der Waals surface area contributed by atoms with Crippen LogP contribution in [0.3, 0.4) is 0 Å². The second kappa shape index (κ2) is 6.57. The maximum absolute atomic E-state index is 6.12. The van der Waals surface area contributed by atoms with Crippen molar-refractivity contribution in [1.82, 2.24) is 4.90 Å². The van der Waals surface area contributed by atoms with Crippen molar-refractivity contribution in [2.24, 2.45) is 5.73 Å². The summed E-state index contributed by atoms with van der Waals surface area (Å²) in [6, 6.07) is 6.38. The van der Waals surface area contributed by atoms with Gasteiger partial charge in [0, 0.05) is 25.7 Å². The molecule has 0 aliphatic heterocycles. The molecule has 2 rings (SSSR count). The van der Waals surface area contributed by atoms with E-state index in [4.69, 9.17) is 15.2 Å². The zero-order valence-corrected chi connectivity index (χ0v) is 12.8. The van der Waals surface area contributed by atoms with E-state index in [0.717, 1.165) is 38.2 Å². The molecule has 1 aromatic carbocycles. The van der Waals surface area contributed by atoms with Crippen LogP contribution in [0.2, 0.25) is 0 Å². The van der Waals surface area contributed by atoms with Crippen LogP contribution < -0.4 is 10.5 Å². The normalized spacial score (nSPS) is 21.9. The molecule has 0 heterocycles. The lowest BCUT2D eigenvalue weighted by Crippen LogP contribution is -2.56. The van der Waals surface area contributed by atoms with E-state index in [1.165, 1.54) is 11.1 Å². The summed E-state index contributed by atoms with van der Waals surface area (Å²) < 4.78 is 10.5. The minimum absolute atomic E-state index is 0.0396. The fourth-order valence-electron chi connectivity index (χ4n) is 3.07. The van der Waals surface area contributed by atoms with Crippen molar-refractivity contribution in [1.29, 1.82) is 0 Å². The smallest absolute Gasteiger partial charge is 0.119 e. The molecule has 0 amide bonds. The minimum Gasteiger partial charge on any atom is -0.497 e. The predicted molar refractivity (Wildman–Crippen MR) is 81.3 cm³/mol. The molecule has 4 heteroatoms. The second-order valence-corrected chi connectivity index (χ2v) is 5.65. The molecule has 0 radical (unpaired) electrons. The molecule has 1 aliphatic carbocycles. The summed E-state index contributed by atoms with van der Waals surface area (Å²) in [5.74, 6) is 0.927. The lowest BCUT2D eigenvalue weighted by molar-refractivity contribution is 0.0726. The van der Waals surface area contributed by atoms with E-state index < -0.39 is 0 Å². The van der Waals surface area contributed by atoms with Crippen LogP contribution in [0.15, 0.2) is 18.2 Å². The first-order valence-corrected chi connectivity index (χ1v) is 7.21. The molecule has 1 aromatic rings. The van der Waals surface area contributed by atoms with E-state index in [1.54, 1.807) is 14.2 Å². The molecule has 2 N–H and O–H groups in total. The van der Waals surface area contributed by atoms with Gasteiger partial charge in [-0.25, -0.2) is 0 Å². The van der Waals surface area contributed by atoms with Gasteiger partial charge in [0.1, 0.15) is 5.75 Å². The maximum Gasteiger partial charge on any atom is 0.119 e. The summed E-state index contributed by atoms with van der Waals surface area (Å²) in [6.07, 6.45) is 3.16. The molecule has 1 atom stereocenters. The molecule has 1 unspecified atom stereocenters. The lowest BCUT2D eigenvalue weighted by Gasteiger charge is -2.44. The number of fused-ring (bicyclic) bond motifs is 1. The fraction of sp³-hybridized carbons (Fsp3) is 0.625. The van der Waals surface area contributed by atoms with Gasteiger partial charge in [-0.2, -0.15) is 0 Å². The molecule has 0 fully saturated rings. The van der Waals surface area contributed by atoms with E-state index in [9.17, 15) is 0 Å². The molecule has 0 saturated carbocycles. The first-order chi connectivity index (χ1) is 9.65. The summed E-state index contributed by atoms with van der Waals surface area (Å²) in [4.78, 5) is 2.36. The van der Waals surface area contributed by atoms with Crippen LogP contribution >= 0.6 is 0 Å². The number of hydrogen-bond donors (Lipinski definition) is 1. The van der Waals surface area contributed by atoms with Gasteiger partial charge in [-0.15, -0.1) is 0 Å². The average Bonchev–Trinajstić information content (AvgIpc) is 2.51. The Hall–Kier alpha value is -1.10. The molecule has 20 heavy (non-hydrogen) atoms. The van der Waals surface area contributed by atoms with Gasteiger partial charge in [-0.05, 0) is 49.6 Å². The number of benzene rings is 1. The van der Waals surface area contributed by atoms with Gasteiger partial charge in [0.05, 0.1) is 13.7 Å². The first-order valence-electron chi connectivity index (χ1n) is 7.21. The minimum atomic E-state index is 0.0396. The van der Waals surface area contributed by atoms with Crippen LogP contribution in [0.5, 0.6) is 5.75 Å². The molecule has 112 valence electrons. The highest BCUT2D eigenvalue weighted by Crippen LogP contribution is 2.33. The van der Waals surface area contributed by atoms with Gasteiger partial charge in [0.25, 0.3) is 0 Å². The summed E-state index contributed by atoms with van der Waals surface area (Å²) >= 11 is 0. The highest BCUT2D eigenvalue weighted by Gasteiger charge is 2.36. The number of hydrogen-bond acceptors (Lipinski definition) is 4. The molecule has 0 saturated heterocycles. The second-order valence-electron chi connectivity index (χ2n) is 5.65. The number of rotatable bonds is 6. The number of methoxy groups -OCH3 is 2. The largest absolute Gasteiger partial charge is 0.497 e. The Kier molecular flexibility index (Phi) is 5.02. The van der Waals surface area contributed by atoms with Crippen LogP contribution in [-0.2, 0) is 17.6 Å². The van der Waals surface area contributed by atoms with Crippen LogP contribution in [0.1, 0.15) is 17.5 Å². The fourth-order valence-corrected chi connectivity index (χ4v) is 3.07. The molecule has 4 nitrogen and oxygen atoms in total. The maximum atomic E-state index is 6.12. The van der Waals surface area contributed by atoms with E-state index in [2.05, 4.69) is 24.1 Å². The Morgan fingerprint density at radius 2 is 2.10 bits per heavy atom. The van der Waals surface area contributed by atoms with Crippen molar-refractivity contribution < 1.29 is 9.47 Å². The van der Waals surface area contributed by atoms with Crippen molar-refractivity contribution in [2.45, 2.75) is 24.8 Å². The quantitative estimate of drug-likeness (QED) is 0.856. The number of nitrogens with zero attached hydrogens (tertiary/aromatic N) is 1. The van der Waals surface area contributed by atoms with Gasteiger partial charge >= 0.3 is 0 Å². The Balaban J connectivity index is 2.21. The third kappa shape index (κ3) is 2.97. The average molecular weight is 278 g/mol. The number of likely N-dealkylation sites (N-methyl/N-ethyl adjacent to an activating group) is 1. The van der Waals surface area contributed by atoms with Crippen molar-refractivity contribution >= 4 is 0 Å². The van der Waals surface area contributed by atoms with Gasteiger partial charge in [0.2, 0.25) is 0 Å². The van der Waals surface area contributed by atoms with Gasteiger partial charge in [-0.3, -0.25) is 4.90 Å². The lowest BCUT2D eigenvalue weighted by atomic mass is 9.77. The topological polar surface area (TPSA) is 47.7 Å². The number of aryl methyl sites for hydroxylation is 1. The van der Waals surface area contributed by atoms with Gasteiger partial charge in [-0.1, -0.05) is 6.07 Å². The van der Waals surface area contributed by atoms with Crippen molar-refractivity contribution in [3.63, 3.8) is 0 Å². The van der Waals surface area contributed by atoms with Crippen molar-refractivity contribution in [3.8, 4) is 5.75 Å². The highest BCUT2D eigenvalue weighted by molar-refractivity contribution is 5.39. The summed E-state index contributed by atoms with van der Waals surface area (Å²) in [7, 11) is 5.60. The third-order valence-corrected chi connectivity index (χ3v) is 4.61. The van der Waals surface area contributed by atoms with Crippen LogP contribution in [0.4, 0.5) is 0 Å². The molecule has 0 bridgehead atoms. The standard InChI is InChI=1S/C16H26N2O2/c1-18(8-9-19-2)16(12-17)7-6-13-4-5-15(20-3)10-14(13)11-16/h4-5,10H,6-9,11-12,17H2,1-3H3. The number of nitrogens with two attached hydrogens (primary N) is 1. The predicted octanol–water partition coefficient (Wildman–Crippen LogP) is 1.46. The molecule has 1 aliphatic rings. The summed E-state index contributed by atoms with van der Waals surface area (Å²) in [5.41, 5.74) is 8.96. The molecule has 0 spiro atoms. The third-order valence-electron chi connectivity index (χ3n) is 4.61. The highest BCUT2D eigenvalue weighted by atomic mass is 16.5. The molecular formula is C16H26N2O2.